The Morgan fingerprint density at radius 1 is 1.21 bits per heavy atom. The van der Waals surface area contributed by atoms with Gasteiger partial charge in [-0.05, 0) is 48.9 Å². The second kappa shape index (κ2) is 11.7. The molecule has 1 saturated heterocycles. The molecule has 16 heteroatoms. The van der Waals surface area contributed by atoms with Gasteiger partial charge in [0, 0.05) is 43.8 Å². The minimum absolute atomic E-state index is 0.0590. The Morgan fingerprint density at radius 3 is 2.57 bits per heavy atom. The van der Waals surface area contributed by atoms with Crippen LogP contribution in [0.3, 0.4) is 0 Å². The van der Waals surface area contributed by atoms with E-state index in [2.05, 4.69) is 20.6 Å². The molecule has 3 heterocycles. The van der Waals surface area contributed by atoms with Gasteiger partial charge in [0.1, 0.15) is 22.6 Å². The molecule has 0 bridgehead atoms. The molecule has 12 nitrogen and oxygen atoms in total. The largest absolute Gasteiger partial charge is 0.345 e. The number of aromatic nitrogens is 2. The summed E-state index contributed by atoms with van der Waals surface area (Å²) < 4.78 is 84.6. The molecule has 4 rings (SSSR count). The quantitative estimate of drug-likeness (QED) is 0.327. The standard InChI is InChI=1S/C26H29F2N7O5S2/c1-4-35(41(37,38)16-17-6-5-11-30-13-17)15-23-26(2,33-25(29)34(3)42(23,39)40)20-12-19(8-9-21(20)28)32-24(36)22-10-7-18(27)14-31-22/h5-14,23H,4,15-16H2,1-3H3,(H2,29,33)(H,32,36)/t23-,26+/m0/s1. The van der Waals surface area contributed by atoms with E-state index in [9.17, 15) is 26.0 Å². The van der Waals surface area contributed by atoms with Crippen LogP contribution in [0.1, 0.15) is 35.5 Å². The van der Waals surface area contributed by atoms with Gasteiger partial charge in [0.25, 0.3) is 5.91 Å². The first-order valence-corrected chi connectivity index (χ1v) is 15.7. The van der Waals surface area contributed by atoms with Crippen molar-refractivity contribution in [2.75, 3.05) is 25.5 Å². The fraction of sp³-hybridized carbons (Fsp3) is 0.308. The summed E-state index contributed by atoms with van der Waals surface area (Å²) in [7, 11) is -7.34. The van der Waals surface area contributed by atoms with Crippen LogP contribution in [0.4, 0.5) is 14.5 Å². The molecule has 0 unspecified atom stereocenters. The van der Waals surface area contributed by atoms with Crippen LogP contribution < -0.4 is 10.6 Å². The number of hydrogen-bond donors (Lipinski definition) is 3. The van der Waals surface area contributed by atoms with E-state index in [0.717, 1.165) is 35.7 Å². The van der Waals surface area contributed by atoms with Crippen LogP contribution in [0.2, 0.25) is 0 Å². The number of sulfonamides is 2. The van der Waals surface area contributed by atoms with Gasteiger partial charge in [-0.25, -0.2) is 39.2 Å². The lowest BCUT2D eigenvalue weighted by molar-refractivity contribution is 0.102. The molecule has 1 aliphatic heterocycles. The van der Waals surface area contributed by atoms with Crippen molar-refractivity contribution in [2.24, 2.45) is 0 Å². The molecular formula is C26H29F2N7O5S2. The summed E-state index contributed by atoms with van der Waals surface area (Å²) in [4.78, 5) is 20.3. The Kier molecular flexibility index (Phi) is 8.61. The van der Waals surface area contributed by atoms with Gasteiger partial charge in [0.15, 0.2) is 0 Å². The van der Waals surface area contributed by atoms with E-state index in [1.54, 1.807) is 19.1 Å². The number of carbonyl (C=O) groups excluding carboxylic acids is 1. The first kappa shape index (κ1) is 30.9. The predicted octanol–water partition coefficient (Wildman–Crippen LogP) is 2.24. The molecule has 224 valence electrons. The van der Waals surface area contributed by atoms with Crippen molar-refractivity contribution in [3.63, 3.8) is 0 Å². The Morgan fingerprint density at radius 2 is 1.95 bits per heavy atom. The molecule has 1 aromatic carbocycles. The summed E-state index contributed by atoms with van der Waals surface area (Å²) >= 11 is 0. The Hall–Kier alpha value is -4.02. The van der Waals surface area contributed by atoms with Gasteiger partial charge in [-0.3, -0.25) is 15.2 Å². The SMILES string of the molecule is CCN(C[C@H]1[C@@](C)(c2cc(NC(=O)c3ccc(F)cn3)ccc2F)NC(=N)N(C)S1(=O)=O)S(=O)(=O)Cc1cccnc1. The molecule has 0 radical (unpaired) electrons. The van der Waals surface area contributed by atoms with Gasteiger partial charge in [-0.2, -0.15) is 0 Å². The number of anilines is 1. The summed E-state index contributed by atoms with van der Waals surface area (Å²) in [5.74, 6) is -3.23. The van der Waals surface area contributed by atoms with Crippen LogP contribution in [-0.2, 0) is 31.3 Å². The molecule has 2 aromatic heterocycles. The Balaban J connectivity index is 1.74. The van der Waals surface area contributed by atoms with Crippen molar-refractivity contribution in [1.29, 1.82) is 5.41 Å². The normalized spacial score (nSPS) is 20.3. The number of guanidine groups is 1. The lowest BCUT2D eigenvalue weighted by Crippen LogP contribution is -2.68. The van der Waals surface area contributed by atoms with Crippen LogP contribution in [0.25, 0.3) is 0 Å². The van der Waals surface area contributed by atoms with E-state index < -0.39 is 66.6 Å². The van der Waals surface area contributed by atoms with Crippen LogP contribution in [0.15, 0.2) is 61.1 Å². The number of pyridine rings is 2. The highest BCUT2D eigenvalue weighted by atomic mass is 32.2. The molecule has 1 aliphatic rings. The van der Waals surface area contributed by atoms with Crippen molar-refractivity contribution in [1.82, 2.24) is 23.9 Å². The first-order valence-electron chi connectivity index (χ1n) is 12.6. The van der Waals surface area contributed by atoms with Crippen molar-refractivity contribution in [3.05, 3.63) is 89.5 Å². The van der Waals surface area contributed by atoms with Gasteiger partial charge in [-0.1, -0.05) is 13.0 Å². The zero-order chi connectivity index (χ0) is 30.9. The second-order valence-electron chi connectivity index (χ2n) is 9.76. The second-order valence-corrected chi connectivity index (χ2v) is 13.9. The fourth-order valence-electron chi connectivity index (χ4n) is 4.65. The van der Waals surface area contributed by atoms with Crippen LogP contribution in [0, 0.1) is 17.0 Å². The molecular weight excluding hydrogens is 592 g/mol. The summed E-state index contributed by atoms with van der Waals surface area (Å²) in [5.41, 5.74) is -1.76. The molecule has 1 fully saturated rings. The molecule has 0 saturated carbocycles. The summed E-state index contributed by atoms with van der Waals surface area (Å²) in [6, 6.07) is 8.81. The third-order valence-corrected chi connectivity index (χ3v) is 11.2. The zero-order valence-corrected chi connectivity index (χ0v) is 24.5. The lowest BCUT2D eigenvalue weighted by Gasteiger charge is -2.47. The van der Waals surface area contributed by atoms with Gasteiger partial charge < -0.3 is 10.6 Å². The monoisotopic (exact) mass is 621 g/mol. The molecule has 2 atom stereocenters. The summed E-state index contributed by atoms with van der Waals surface area (Å²) in [6.45, 7) is 2.24. The van der Waals surface area contributed by atoms with Crippen LogP contribution in [0.5, 0.6) is 0 Å². The van der Waals surface area contributed by atoms with Crippen molar-refractivity contribution >= 4 is 37.6 Å². The number of rotatable bonds is 9. The van der Waals surface area contributed by atoms with E-state index in [4.69, 9.17) is 5.41 Å². The van der Waals surface area contributed by atoms with Gasteiger partial charge >= 0.3 is 0 Å². The maximum atomic E-state index is 15.5. The van der Waals surface area contributed by atoms with E-state index >= 15 is 4.39 Å². The third kappa shape index (κ3) is 6.10. The number of carbonyl (C=O) groups is 1. The van der Waals surface area contributed by atoms with Gasteiger partial charge in [0.05, 0.1) is 17.5 Å². The average molecular weight is 622 g/mol. The van der Waals surface area contributed by atoms with Crippen LogP contribution in [-0.4, -0.2) is 72.7 Å². The highest BCUT2D eigenvalue weighted by Gasteiger charge is 2.53. The smallest absolute Gasteiger partial charge is 0.274 e. The topological polar surface area (TPSA) is 166 Å². The minimum Gasteiger partial charge on any atom is -0.345 e. The van der Waals surface area contributed by atoms with Gasteiger partial charge in [0.2, 0.25) is 26.0 Å². The Bertz CT molecular complexity index is 1710. The van der Waals surface area contributed by atoms with Crippen molar-refractivity contribution < 1.29 is 30.4 Å². The highest BCUT2D eigenvalue weighted by Crippen LogP contribution is 2.38. The number of halogens is 2. The van der Waals surface area contributed by atoms with E-state index in [0.29, 0.717) is 9.87 Å². The van der Waals surface area contributed by atoms with Gasteiger partial charge in [-0.15, -0.1) is 0 Å². The molecule has 1 amide bonds. The lowest BCUT2D eigenvalue weighted by atomic mass is 9.87. The van der Waals surface area contributed by atoms with E-state index in [1.807, 2.05) is 0 Å². The summed E-state index contributed by atoms with van der Waals surface area (Å²) in [6.07, 6.45) is 3.74. The van der Waals surface area contributed by atoms with Crippen molar-refractivity contribution in [3.8, 4) is 0 Å². The third-order valence-electron chi connectivity index (χ3n) is 7.01. The van der Waals surface area contributed by atoms with E-state index in [1.165, 1.54) is 31.5 Å². The molecule has 0 aliphatic carbocycles. The van der Waals surface area contributed by atoms with E-state index in [-0.39, 0.29) is 23.5 Å². The molecule has 3 aromatic rings. The minimum atomic E-state index is -4.42. The number of benzene rings is 1. The number of nitrogens with one attached hydrogen (secondary N) is 3. The first-order chi connectivity index (χ1) is 19.7. The number of amides is 1. The highest BCUT2D eigenvalue weighted by molar-refractivity contribution is 7.90. The average Bonchev–Trinajstić information content (AvgIpc) is 2.93. The maximum Gasteiger partial charge on any atom is 0.274 e. The molecule has 0 spiro atoms. The molecule has 3 N–H and O–H groups in total. The maximum absolute atomic E-state index is 15.5. The zero-order valence-electron chi connectivity index (χ0n) is 22.9. The Labute approximate surface area is 242 Å². The predicted molar refractivity (Wildman–Crippen MR) is 151 cm³/mol. The number of hydrogen-bond acceptors (Lipinski definition) is 8. The summed E-state index contributed by atoms with van der Waals surface area (Å²) in [5, 5.41) is 11.9. The molecule has 42 heavy (non-hydrogen) atoms. The fourth-order valence-corrected chi connectivity index (χ4v) is 8.12. The van der Waals surface area contributed by atoms with Crippen molar-refractivity contribution in [2.45, 2.75) is 30.4 Å². The number of nitrogens with zero attached hydrogens (tertiary/aromatic N) is 4. The van der Waals surface area contributed by atoms with Crippen LogP contribution >= 0.6 is 0 Å².